The van der Waals surface area contributed by atoms with Crippen LogP contribution in [0.3, 0.4) is 0 Å². The molecule has 1 unspecified atom stereocenters. The molecule has 1 atom stereocenters. The standard InChI is InChI=1S/C14H14BrN3O3/c1-9(10-3-5-12(21-2)6-4-10)17-14-13(18(19)20)7-11(15)8-16-14/h3-9H,1-2H3,(H,16,17). The zero-order valence-corrected chi connectivity index (χ0v) is 13.1. The Morgan fingerprint density at radius 3 is 2.62 bits per heavy atom. The van der Waals surface area contributed by atoms with E-state index >= 15 is 0 Å². The maximum atomic E-state index is 11.1. The molecule has 1 aromatic heterocycles. The van der Waals surface area contributed by atoms with E-state index < -0.39 is 4.92 Å². The first kappa shape index (κ1) is 15.2. The summed E-state index contributed by atoms with van der Waals surface area (Å²) in [4.78, 5) is 14.7. The molecule has 0 fully saturated rings. The van der Waals surface area contributed by atoms with Crippen LogP contribution in [0.1, 0.15) is 18.5 Å². The van der Waals surface area contributed by atoms with Gasteiger partial charge in [0.1, 0.15) is 5.75 Å². The molecule has 0 radical (unpaired) electrons. The molecule has 0 aliphatic rings. The highest BCUT2D eigenvalue weighted by molar-refractivity contribution is 9.10. The summed E-state index contributed by atoms with van der Waals surface area (Å²) < 4.78 is 5.67. The molecule has 1 aromatic carbocycles. The molecule has 1 N–H and O–H groups in total. The number of aromatic nitrogens is 1. The fourth-order valence-corrected chi connectivity index (χ4v) is 2.18. The Labute approximate surface area is 130 Å². The molecule has 2 rings (SSSR count). The van der Waals surface area contributed by atoms with Gasteiger partial charge in [0.2, 0.25) is 5.82 Å². The van der Waals surface area contributed by atoms with Crippen LogP contribution in [0.15, 0.2) is 41.0 Å². The first-order chi connectivity index (χ1) is 10.0. The van der Waals surface area contributed by atoms with Crippen LogP contribution in [0, 0.1) is 10.1 Å². The number of hydrogen-bond donors (Lipinski definition) is 1. The monoisotopic (exact) mass is 351 g/mol. The second-order valence-electron chi connectivity index (χ2n) is 4.42. The molecule has 2 aromatic rings. The molecule has 0 bridgehead atoms. The zero-order valence-electron chi connectivity index (χ0n) is 11.5. The second kappa shape index (κ2) is 6.53. The van der Waals surface area contributed by atoms with Crippen molar-refractivity contribution in [3.05, 3.63) is 56.7 Å². The lowest BCUT2D eigenvalue weighted by molar-refractivity contribution is -0.384. The van der Waals surface area contributed by atoms with Crippen molar-refractivity contribution in [2.45, 2.75) is 13.0 Å². The van der Waals surface area contributed by atoms with E-state index in [2.05, 4.69) is 26.2 Å². The normalized spacial score (nSPS) is 11.8. The Hall–Kier alpha value is -2.15. The number of ether oxygens (including phenoxy) is 1. The van der Waals surface area contributed by atoms with E-state index in [0.717, 1.165) is 11.3 Å². The van der Waals surface area contributed by atoms with Crippen molar-refractivity contribution in [1.29, 1.82) is 0 Å². The van der Waals surface area contributed by atoms with Gasteiger partial charge in [0, 0.05) is 16.7 Å². The van der Waals surface area contributed by atoms with Crippen molar-refractivity contribution in [2.75, 3.05) is 12.4 Å². The van der Waals surface area contributed by atoms with Gasteiger partial charge >= 0.3 is 5.69 Å². The largest absolute Gasteiger partial charge is 0.497 e. The predicted octanol–water partition coefficient (Wildman–Crippen LogP) is 3.93. The van der Waals surface area contributed by atoms with E-state index in [1.165, 1.54) is 12.3 Å². The van der Waals surface area contributed by atoms with E-state index in [1.807, 2.05) is 31.2 Å². The predicted molar refractivity (Wildman–Crippen MR) is 83.6 cm³/mol. The number of hydrogen-bond acceptors (Lipinski definition) is 5. The molecular weight excluding hydrogens is 338 g/mol. The van der Waals surface area contributed by atoms with Crippen LogP contribution < -0.4 is 10.1 Å². The summed E-state index contributed by atoms with van der Waals surface area (Å²) in [5, 5.41) is 14.1. The minimum atomic E-state index is -0.458. The van der Waals surface area contributed by atoms with E-state index in [9.17, 15) is 10.1 Å². The maximum Gasteiger partial charge on any atom is 0.312 e. The van der Waals surface area contributed by atoms with E-state index in [-0.39, 0.29) is 17.5 Å². The van der Waals surface area contributed by atoms with Crippen LogP contribution in [-0.2, 0) is 0 Å². The van der Waals surface area contributed by atoms with Crippen LogP contribution in [0.25, 0.3) is 0 Å². The lowest BCUT2D eigenvalue weighted by Gasteiger charge is -2.15. The Morgan fingerprint density at radius 2 is 2.05 bits per heavy atom. The molecule has 21 heavy (non-hydrogen) atoms. The third-order valence-electron chi connectivity index (χ3n) is 3.00. The molecule has 0 aliphatic heterocycles. The van der Waals surface area contributed by atoms with E-state index in [0.29, 0.717) is 4.47 Å². The number of benzene rings is 1. The van der Waals surface area contributed by atoms with Gasteiger partial charge in [0.15, 0.2) is 0 Å². The lowest BCUT2D eigenvalue weighted by atomic mass is 10.1. The molecule has 0 amide bonds. The van der Waals surface area contributed by atoms with E-state index in [1.54, 1.807) is 7.11 Å². The highest BCUT2D eigenvalue weighted by Gasteiger charge is 2.18. The van der Waals surface area contributed by atoms with Gasteiger partial charge in [-0.05, 0) is 40.5 Å². The molecule has 0 saturated heterocycles. The Kier molecular flexibility index (Phi) is 4.74. The van der Waals surface area contributed by atoms with Gasteiger partial charge in [-0.1, -0.05) is 12.1 Å². The van der Waals surface area contributed by atoms with Crippen molar-refractivity contribution in [3.8, 4) is 5.75 Å². The van der Waals surface area contributed by atoms with Crippen LogP contribution in [-0.4, -0.2) is 17.0 Å². The Bertz CT molecular complexity index is 646. The van der Waals surface area contributed by atoms with Crippen molar-refractivity contribution < 1.29 is 9.66 Å². The minimum absolute atomic E-state index is 0.0651. The topological polar surface area (TPSA) is 77.3 Å². The fourth-order valence-electron chi connectivity index (χ4n) is 1.86. The van der Waals surface area contributed by atoms with Crippen LogP contribution in [0.4, 0.5) is 11.5 Å². The van der Waals surface area contributed by atoms with Crippen molar-refractivity contribution in [3.63, 3.8) is 0 Å². The number of nitrogens with one attached hydrogen (secondary N) is 1. The minimum Gasteiger partial charge on any atom is -0.497 e. The molecule has 7 heteroatoms. The van der Waals surface area contributed by atoms with Crippen LogP contribution >= 0.6 is 15.9 Å². The molecule has 6 nitrogen and oxygen atoms in total. The number of nitro groups is 1. The summed E-state index contributed by atoms with van der Waals surface area (Å²) in [5.41, 5.74) is 0.916. The van der Waals surface area contributed by atoms with Crippen LogP contribution in [0.2, 0.25) is 0 Å². The van der Waals surface area contributed by atoms with Gasteiger partial charge in [-0.15, -0.1) is 0 Å². The van der Waals surface area contributed by atoms with Gasteiger partial charge < -0.3 is 10.1 Å². The first-order valence-corrected chi connectivity index (χ1v) is 7.01. The van der Waals surface area contributed by atoms with Gasteiger partial charge in [0.25, 0.3) is 0 Å². The summed E-state index contributed by atoms with van der Waals surface area (Å²) in [6.45, 7) is 1.91. The smallest absolute Gasteiger partial charge is 0.312 e. The number of halogens is 1. The number of rotatable bonds is 5. The van der Waals surface area contributed by atoms with Gasteiger partial charge in [-0.25, -0.2) is 4.98 Å². The number of pyridine rings is 1. The number of methoxy groups -OCH3 is 1. The number of anilines is 1. The van der Waals surface area contributed by atoms with Crippen molar-refractivity contribution in [2.24, 2.45) is 0 Å². The zero-order chi connectivity index (χ0) is 15.4. The van der Waals surface area contributed by atoms with Crippen LogP contribution in [0.5, 0.6) is 5.75 Å². The average molecular weight is 352 g/mol. The van der Waals surface area contributed by atoms with E-state index in [4.69, 9.17) is 4.74 Å². The Balaban J connectivity index is 2.22. The van der Waals surface area contributed by atoms with Crippen molar-refractivity contribution >= 4 is 27.4 Å². The summed E-state index contributed by atoms with van der Waals surface area (Å²) >= 11 is 3.18. The highest BCUT2D eigenvalue weighted by atomic mass is 79.9. The molecule has 0 spiro atoms. The molecule has 110 valence electrons. The summed E-state index contributed by atoms with van der Waals surface area (Å²) in [7, 11) is 1.60. The quantitative estimate of drug-likeness (QED) is 0.652. The molecule has 0 aliphatic carbocycles. The lowest BCUT2D eigenvalue weighted by Crippen LogP contribution is -2.09. The third-order valence-corrected chi connectivity index (χ3v) is 3.43. The summed E-state index contributed by atoms with van der Waals surface area (Å²) in [6, 6.07) is 8.80. The van der Waals surface area contributed by atoms with Gasteiger partial charge in [-0.2, -0.15) is 0 Å². The van der Waals surface area contributed by atoms with Gasteiger partial charge in [-0.3, -0.25) is 10.1 Å². The number of nitrogens with zero attached hydrogens (tertiary/aromatic N) is 2. The third kappa shape index (κ3) is 3.69. The maximum absolute atomic E-state index is 11.1. The highest BCUT2D eigenvalue weighted by Crippen LogP contribution is 2.29. The Morgan fingerprint density at radius 1 is 1.38 bits per heavy atom. The second-order valence-corrected chi connectivity index (χ2v) is 5.33. The molecule has 1 heterocycles. The fraction of sp³-hybridized carbons (Fsp3) is 0.214. The average Bonchev–Trinajstić information content (AvgIpc) is 2.49. The molecular formula is C14H14BrN3O3. The summed E-state index contributed by atoms with van der Waals surface area (Å²) in [6.07, 6.45) is 1.52. The SMILES string of the molecule is COc1ccc(C(C)Nc2ncc(Br)cc2[N+](=O)[O-])cc1. The van der Waals surface area contributed by atoms with Crippen molar-refractivity contribution in [1.82, 2.24) is 4.98 Å². The van der Waals surface area contributed by atoms with Gasteiger partial charge in [0.05, 0.1) is 18.1 Å². The molecule has 0 saturated carbocycles. The summed E-state index contributed by atoms with van der Waals surface area (Å²) in [5.74, 6) is 1.00. The first-order valence-electron chi connectivity index (χ1n) is 6.21.